The zero-order valence-corrected chi connectivity index (χ0v) is 10.8. The van der Waals surface area contributed by atoms with Crippen LogP contribution in [0.25, 0.3) is 11.3 Å². The van der Waals surface area contributed by atoms with Crippen molar-refractivity contribution >= 4 is 5.97 Å². The van der Waals surface area contributed by atoms with E-state index in [1.165, 1.54) is 0 Å². The molecule has 2 aromatic rings. The number of aryl methyl sites for hydroxylation is 2. The molecule has 3 rings (SSSR count). The van der Waals surface area contributed by atoms with Crippen LogP contribution < -0.4 is 0 Å². The highest BCUT2D eigenvalue weighted by Gasteiger charge is 2.31. The molecule has 0 spiro atoms. The lowest BCUT2D eigenvalue weighted by atomic mass is 10.1. The molecule has 3 heterocycles. The molecule has 0 N–H and O–H groups in total. The predicted octanol–water partition coefficient (Wildman–Crippen LogP) is 1.36. The van der Waals surface area contributed by atoms with Crippen LogP contribution in [0.2, 0.25) is 0 Å². The highest BCUT2D eigenvalue weighted by atomic mass is 16.5. The maximum absolute atomic E-state index is 11.4. The Bertz CT molecular complexity index is 652. The minimum absolute atomic E-state index is 0.323. The molecular weight excluding hydrogens is 244 g/mol. The fourth-order valence-corrected chi connectivity index (χ4v) is 2.20. The largest absolute Gasteiger partial charge is 0.452 e. The highest BCUT2D eigenvalue weighted by molar-refractivity contribution is 5.90. The van der Waals surface area contributed by atoms with Gasteiger partial charge in [0, 0.05) is 37.8 Å². The summed E-state index contributed by atoms with van der Waals surface area (Å²) in [6.45, 7) is 3.68. The van der Waals surface area contributed by atoms with Crippen molar-refractivity contribution in [1.82, 2.24) is 19.6 Å². The van der Waals surface area contributed by atoms with Crippen LogP contribution >= 0.6 is 0 Å². The van der Waals surface area contributed by atoms with Crippen LogP contribution in [0.15, 0.2) is 30.6 Å². The second-order valence-corrected chi connectivity index (χ2v) is 4.68. The van der Waals surface area contributed by atoms with Gasteiger partial charge >= 0.3 is 5.97 Å². The average molecular weight is 258 g/mol. The van der Waals surface area contributed by atoms with Crippen molar-refractivity contribution in [3.63, 3.8) is 0 Å². The Kier molecular flexibility index (Phi) is 2.51. The van der Waals surface area contributed by atoms with Crippen molar-refractivity contribution < 1.29 is 9.53 Å². The molecule has 1 aliphatic heterocycles. The van der Waals surface area contributed by atoms with Crippen LogP contribution in [0.4, 0.5) is 0 Å². The zero-order valence-electron chi connectivity index (χ0n) is 10.8. The molecule has 1 fully saturated rings. The Morgan fingerprint density at radius 2 is 2.26 bits per heavy atom. The monoisotopic (exact) mass is 258 g/mol. The summed E-state index contributed by atoms with van der Waals surface area (Å²) in [5.41, 5.74) is 3.16. The van der Waals surface area contributed by atoms with E-state index in [1.54, 1.807) is 15.6 Å². The van der Waals surface area contributed by atoms with Gasteiger partial charge in [0.1, 0.15) is 5.69 Å². The number of aromatic nitrogens is 4. The van der Waals surface area contributed by atoms with E-state index in [4.69, 9.17) is 4.74 Å². The molecule has 19 heavy (non-hydrogen) atoms. The first-order chi connectivity index (χ1) is 9.04. The number of rotatable bonds is 2. The smallest absolute Gasteiger partial charge is 0.334 e. The third-order valence-electron chi connectivity index (χ3n) is 3.20. The van der Waals surface area contributed by atoms with Crippen LogP contribution in [-0.4, -0.2) is 25.5 Å². The Labute approximate surface area is 110 Å². The van der Waals surface area contributed by atoms with Gasteiger partial charge in [0.05, 0.1) is 11.9 Å². The van der Waals surface area contributed by atoms with Gasteiger partial charge in [-0.15, -0.1) is 0 Å². The molecule has 1 aliphatic rings. The van der Waals surface area contributed by atoms with E-state index in [0.717, 1.165) is 17.0 Å². The first kappa shape index (κ1) is 11.7. The van der Waals surface area contributed by atoms with E-state index in [-0.39, 0.29) is 12.1 Å². The molecule has 98 valence electrons. The van der Waals surface area contributed by atoms with E-state index in [9.17, 15) is 4.79 Å². The van der Waals surface area contributed by atoms with Crippen LogP contribution in [0.5, 0.6) is 0 Å². The minimum atomic E-state index is -0.335. The van der Waals surface area contributed by atoms with E-state index in [1.807, 2.05) is 26.4 Å². The number of nitrogens with zero attached hydrogens (tertiary/aromatic N) is 4. The molecule has 2 aromatic heterocycles. The number of cyclic esters (lactones) is 1. The van der Waals surface area contributed by atoms with Crippen LogP contribution in [0.1, 0.15) is 18.2 Å². The van der Waals surface area contributed by atoms with Crippen molar-refractivity contribution in [1.29, 1.82) is 0 Å². The van der Waals surface area contributed by atoms with Gasteiger partial charge < -0.3 is 4.74 Å². The van der Waals surface area contributed by atoms with Gasteiger partial charge in [-0.3, -0.25) is 9.36 Å². The minimum Gasteiger partial charge on any atom is -0.452 e. The van der Waals surface area contributed by atoms with Crippen LogP contribution in [-0.2, 0) is 23.6 Å². The molecule has 1 saturated heterocycles. The summed E-state index contributed by atoms with van der Waals surface area (Å²) in [7, 11) is 3.72. The summed E-state index contributed by atoms with van der Waals surface area (Å²) in [5.74, 6) is -0.335. The molecule has 0 amide bonds. The Hall–Kier alpha value is -2.37. The molecule has 1 unspecified atom stereocenters. The lowest BCUT2D eigenvalue weighted by Crippen LogP contribution is -2.00. The number of carbonyl (C=O) groups is 1. The average Bonchev–Trinajstić information content (AvgIpc) is 3.01. The summed E-state index contributed by atoms with van der Waals surface area (Å²) in [6.07, 6.45) is 3.87. The summed E-state index contributed by atoms with van der Waals surface area (Å²) >= 11 is 0. The molecular formula is C13H14N4O2. The molecule has 0 aromatic carbocycles. The van der Waals surface area contributed by atoms with E-state index in [2.05, 4.69) is 16.8 Å². The van der Waals surface area contributed by atoms with Crippen LogP contribution in [0.3, 0.4) is 0 Å². The van der Waals surface area contributed by atoms with E-state index < -0.39 is 0 Å². The van der Waals surface area contributed by atoms with Gasteiger partial charge in [0.15, 0.2) is 6.10 Å². The van der Waals surface area contributed by atoms with E-state index in [0.29, 0.717) is 12.0 Å². The normalized spacial score (nSPS) is 18.9. The fraction of sp³-hybridized carbons (Fsp3) is 0.308. The molecule has 0 aliphatic carbocycles. The molecule has 0 radical (unpaired) electrons. The first-order valence-electron chi connectivity index (χ1n) is 5.96. The van der Waals surface area contributed by atoms with Gasteiger partial charge in [0.2, 0.25) is 0 Å². The maximum Gasteiger partial charge on any atom is 0.334 e. The maximum atomic E-state index is 11.4. The van der Waals surface area contributed by atoms with Crippen molar-refractivity contribution in [2.45, 2.75) is 12.5 Å². The third-order valence-corrected chi connectivity index (χ3v) is 3.20. The second-order valence-electron chi connectivity index (χ2n) is 4.68. The SMILES string of the molecule is C=C1CC(c2cc(-c3cnn(C)c3)n(C)n2)OC1=O. The van der Waals surface area contributed by atoms with Gasteiger partial charge in [-0.2, -0.15) is 10.2 Å². The number of hydrogen-bond donors (Lipinski definition) is 0. The fourth-order valence-electron chi connectivity index (χ4n) is 2.20. The summed E-state index contributed by atoms with van der Waals surface area (Å²) in [4.78, 5) is 11.4. The van der Waals surface area contributed by atoms with Gasteiger partial charge in [-0.05, 0) is 6.07 Å². The number of ether oxygens (including phenoxy) is 1. The van der Waals surface area contributed by atoms with Crippen molar-refractivity contribution in [3.05, 3.63) is 36.3 Å². The standard InChI is InChI=1S/C13H14N4O2/c1-8-4-12(19-13(8)18)10-5-11(17(3)15-10)9-6-14-16(2)7-9/h5-7,12H,1,4H2,2-3H3. The van der Waals surface area contributed by atoms with Gasteiger partial charge in [-0.1, -0.05) is 6.58 Å². The third kappa shape index (κ3) is 1.95. The van der Waals surface area contributed by atoms with E-state index >= 15 is 0 Å². The summed E-state index contributed by atoms with van der Waals surface area (Å²) in [6, 6.07) is 1.92. The zero-order chi connectivity index (χ0) is 13.6. The van der Waals surface area contributed by atoms with Crippen molar-refractivity contribution in [3.8, 4) is 11.3 Å². The summed E-state index contributed by atoms with van der Waals surface area (Å²) in [5, 5.41) is 8.55. The quantitative estimate of drug-likeness (QED) is 0.603. The van der Waals surface area contributed by atoms with Crippen molar-refractivity contribution in [2.75, 3.05) is 0 Å². The predicted molar refractivity (Wildman–Crippen MR) is 68.0 cm³/mol. The Morgan fingerprint density at radius 1 is 1.47 bits per heavy atom. The molecule has 0 saturated carbocycles. The molecule has 6 heteroatoms. The Morgan fingerprint density at radius 3 is 2.84 bits per heavy atom. The lowest BCUT2D eigenvalue weighted by Gasteiger charge is -2.03. The highest BCUT2D eigenvalue weighted by Crippen LogP contribution is 2.33. The topological polar surface area (TPSA) is 61.9 Å². The first-order valence-corrected chi connectivity index (χ1v) is 5.96. The molecule has 1 atom stereocenters. The van der Waals surface area contributed by atoms with Gasteiger partial charge in [0.25, 0.3) is 0 Å². The number of carbonyl (C=O) groups excluding carboxylic acids is 1. The number of hydrogen-bond acceptors (Lipinski definition) is 4. The van der Waals surface area contributed by atoms with Crippen LogP contribution in [0, 0.1) is 0 Å². The summed E-state index contributed by atoms with van der Waals surface area (Å²) < 4.78 is 8.73. The second kappa shape index (κ2) is 4.08. The van der Waals surface area contributed by atoms with Gasteiger partial charge in [-0.25, -0.2) is 4.79 Å². The number of esters is 1. The van der Waals surface area contributed by atoms with Crippen molar-refractivity contribution in [2.24, 2.45) is 14.1 Å². The molecule has 6 nitrogen and oxygen atoms in total. The molecule has 0 bridgehead atoms. The Balaban J connectivity index is 1.94. The lowest BCUT2D eigenvalue weighted by molar-refractivity contribution is -0.139.